The Balaban J connectivity index is 2.10. The molecule has 1 aliphatic heterocycles. The third-order valence-electron chi connectivity index (χ3n) is 3.47. The fourth-order valence-corrected chi connectivity index (χ4v) is 4.02. The van der Waals surface area contributed by atoms with Gasteiger partial charge < -0.3 is 5.32 Å². The summed E-state index contributed by atoms with van der Waals surface area (Å²) in [5.41, 5.74) is 0.916. The van der Waals surface area contributed by atoms with Gasteiger partial charge in [-0.3, -0.25) is 0 Å². The van der Waals surface area contributed by atoms with Crippen LogP contribution < -0.4 is 5.32 Å². The Morgan fingerprint density at radius 3 is 3.06 bits per heavy atom. The maximum Gasteiger partial charge on any atom is 0.142 e. The van der Waals surface area contributed by atoms with Crippen LogP contribution in [0.3, 0.4) is 0 Å². The van der Waals surface area contributed by atoms with Gasteiger partial charge in [0.25, 0.3) is 0 Å². The van der Waals surface area contributed by atoms with E-state index in [0.717, 1.165) is 18.5 Å². The highest BCUT2D eigenvalue weighted by molar-refractivity contribution is 7.99. The molecule has 0 spiro atoms. The molecule has 1 heterocycles. The van der Waals surface area contributed by atoms with Crippen molar-refractivity contribution in [2.24, 2.45) is 5.92 Å². The number of benzene rings is 1. The number of rotatable bonds is 5. The van der Waals surface area contributed by atoms with Gasteiger partial charge in [-0.2, -0.15) is 11.8 Å². The molecule has 0 saturated carbocycles. The number of halogens is 2. The topological polar surface area (TPSA) is 12.0 Å². The van der Waals surface area contributed by atoms with Gasteiger partial charge in [0.1, 0.15) is 5.82 Å². The maximum atomic E-state index is 13.4. The molecule has 2 rings (SSSR count). The third-order valence-corrected chi connectivity index (χ3v) is 5.08. The molecule has 2 atom stereocenters. The highest BCUT2D eigenvalue weighted by Crippen LogP contribution is 2.29. The first-order valence-corrected chi connectivity index (χ1v) is 7.99. The molecule has 2 unspecified atom stereocenters. The summed E-state index contributed by atoms with van der Waals surface area (Å²) in [6, 6.07) is 5.49. The zero-order chi connectivity index (χ0) is 13.0. The van der Waals surface area contributed by atoms with Crippen molar-refractivity contribution in [1.29, 1.82) is 0 Å². The largest absolute Gasteiger partial charge is 0.314 e. The normalized spacial score (nSPS) is 21.2. The molecule has 1 aromatic carbocycles. The van der Waals surface area contributed by atoms with E-state index in [4.69, 9.17) is 11.6 Å². The fraction of sp³-hybridized carbons (Fsp3) is 0.571. The van der Waals surface area contributed by atoms with Crippen molar-refractivity contribution < 1.29 is 4.39 Å². The SMILES string of the molecule is CCNC(Cc1cccc(F)c1Cl)C1CCSC1. The number of hydrogen-bond acceptors (Lipinski definition) is 2. The summed E-state index contributed by atoms with van der Waals surface area (Å²) >= 11 is 8.04. The summed E-state index contributed by atoms with van der Waals surface area (Å²) in [6.45, 7) is 3.06. The summed E-state index contributed by atoms with van der Waals surface area (Å²) < 4.78 is 13.4. The highest BCUT2D eigenvalue weighted by Gasteiger charge is 2.25. The van der Waals surface area contributed by atoms with Crippen LogP contribution in [-0.4, -0.2) is 24.1 Å². The number of hydrogen-bond donors (Lipinski definition) is 1. The van der Waals surface area contributed by atoms with Gasteiger partial charge in [0.15, 0.2) is 0 Å². The summed E-state index contributed by atoms with van der Waals surface area (Å²) in [6.07, 6.45) is 2.06. The molecule has 1 saturated heterocycles. The Labute approximate surface area is 117 Å². The first-order chi connectivity index (χ1) is 8.72. The molecule has 1 nitrogen and oxygen atoms in total. The van der Waals surface area contributed by atoms with Gasteiger partial charge in [0.2, 0.25) is 0 Å². The second-order valence-corrected chi connectivity index (χ2v) is 6.23. The fourth-order valence-electron chi connectivity index (χ4n) is 2.48. The second-order valence-electron chi connectivity index (χ2n) is 4.70. The number of nitrogens with one attached hydrogen (secondary N) is 1. The van der Waals surface area contributed by atoms with E-state index in [-0.39, 0.29) is 10.8 Å². The molecule has 1 aliphatic rings. The zero-order valence-electron chi connectivity index (χ0n) is 10.6. The first kappa shape index (κ1) is 14.2. The van der Waals surface area contributed by atoms with E-state index >= 15 is 0 Å². The zero-order valence-corrected chi connectivity index (χ0v) is 12.2. The van der Waals surface area contributed by atoms with Crippen LogP contribution >= 0.6 is 23.4 Å². The van der Waals surface area contributed by atoms with E-state index in [9.17, 15) is 4.39 Å². The van der Waals surface area contributed by atoms with Crippen LogP contribution in [0.15, 0.2) is 18.2 Å². The maximum absolute atomic E-state index is 13.4. The van der Waals surface area contributed by atoms with Gasteiger partial charge in [0.05, 0.1) is 5.02 Å². The van der Waals surface area contributed by atoms with Crippen molar-refractivity contribution in [1.82, 2.24) is 5.32 Å². The molecule has 4 heteroatoms. The third kappa shape index (κ3) is 3.40. The van der Waals surface area contributed by atoms with Gasteiger partial charge in [-0.1, -0.05) is 30.7 Å². The van der Waals surface area contributed by atoms with Crippen LogP contribution in [0.5, 0.6) is 0 Å². The number of likely N-dealkylation sites (N-methyl/N-ethyl adjacent to an activating group) is 1. The molecule has 1 fully saturated rings. The summed E-state index contributed by atoms with van der Waals surface area (Å²) in [5.74, 6) is 2.80. The number of thioether (sulfide) groups is 1. The Morgan fingerprint density at radius 2 is 2.39 bits per heavy atom. The van der Waals surface area contributed by atoms with Crippen LogP contribution in [0.2, 0.25) is 5.02 Å². The molecule has 18 heavy (non-hydrogen) atoms. The van der Waals surface area contributed by atoms with Gasteiger partial charge >= 0.3 is 0 Å². The first-order valence-electron chi connectivity index (χ1n) is 6.46. The molecule has 100 valence electrons. The minimum absolute atomic E-state index is 0.283. The summed E-state index contributed by atoms with van der Waals surface area (Å²) in [4.78, 5) is 0. The van der Waals surface area contributed by atoms with E-state index in [1.807, 2.05) is 17.8 Å². The Hall–Kier alpha value is -0.250. The van der Waals surface area contributed by atoms with Crippen LogP contribution in [0.1, 0.15) is 18.9 Å². The lowest BCUT2D eigenvalue weighted by Gasteiger charge is -2.24. The van der Waals surface area contributed by atoms with Crippen LogP contribution in [0, 0.1) is 11.7 Å². The predicted molar refractivity (Wildman–Crippen MR) is 78.0 cm³/mol. The molecule has 1 aromatic rings. The van der Waals surface area contributed by atoms with Crippen molar-refractivity contribution in [3.63, 3.8) is 0 Å². The Kier molecular flexibility index (Phi) is 5.34. The standard InChI is InChI=1S/C14H19ClFNS/c1-2-17-13(11-6-7-18-9-11)8-10-4-3-5-12(16)14(10)15/h3-5,11,13,17H,2,6-9H2,1H3. The minimum Gasteiger partial charge on any atom is -0.314 e. The summed E-state index contributed by atoms with van der Waals surface area (Å²) in [5, 5.41) is 3.81. The lowest BCUT2D eigenvalue weighted by Crippen LogP contribution is -2.38. The lowest BCUT2D eigenvalue weighted by molar-refractivity contribution is 0.386. The molecule has 0 aromatic heterocycles. The van der Waals surface area contributed by atoms with Crippen LogP contribution in [0.25, 0.3) is 0 Å². The summed E-state index contributed by atoms with van der Waals surface area (Å²) in [7, 11) is 0. The molecule has 0 aliphatic carbocycles. The van der Waals surface area contributed by atoms with Crippen molar-refractivity contribution in [3.8, 4) is 0 Å². The molecule has 0 radical (unpaired) electrons. The lowest BCUT2D eigenvalue weighted by atomic mass is 9.93. The van der Waals surface area contributed by atoms with E-state index in [2.05, 4.69) is 12.2 Å². The van der Waals surface area contributed by atoms with Crippen molar-refractivity contribution in [2.75, 3.05) is 18.1 Å². The average Bonchev–Trinajstić information content (AvgIpc) is 2.88. The van der Waals surface area contributed by atoms with Gasteiger partial charge in [-0.15, -0.1) is 0 Å². The molecule has 0 bridgehead atoms. The van der Waals surface area contributed by atoms with E-state index < -0.39 is 0 Å². The smallest absolute Gasteiger partial charge is 0.142 e. The van der Waals surface area contributed by atoms with E-state index in [1.54, 1.807) is 6.07 Å². The van der Waals surface area contributed by atoms with Crippen molar-refractivity contribution in [3.05, 3.63) is 34.6 Å². The predicted octanol–water partition coefficient (Wildman–Crippen LogP) is 3.75. The van der Waals surface area contributed by atoms with Gasteiger partial charge in [-0.25, -0.2) is 4.39 Å². The van der Waals surface area contributed by atoms with Crippen LogP contribution in [0.4, 0.5) is 4.39 Å². The van der Waals surface area contributed by atoms with Gasteiger partial charge in [-0.05, 0) is 48.4 Å². The quantitative estimate of drug-likeness (QED) is 0.885. The molecular weight excluding hydrogens is 269 g/mol. The second kappa shape index (κ2) is 6.78. The monoisotopic (exact) mass is 287 g/mol. The van der Waals surface area contributed by atoms with Crippen molar-refractivity contribution in [2.45, 2.75) is 25.8 Å². The molecule has 0 amide bonds. The Bertz CT molecular complexity index is 393. The van der Waals surface area contributed by atoms with Crippen LogP contribution in [-0.2, 0) is 6.42 Å². The minimum atomic E-state index is -0.315. The highest BCUT2D eigenvalue weighted by atomic mass is 35.5. The van der Waals surface area contributed by atoms with E-state index in [0.29, 0.717) is 12.0 Å². The van der Waals surface area contributed by atoms with Crippen molar-refractivity contribution >= 4 is 23.4 Å². The molecular formula is C14H19ClFNS. The Morgan fingerprint density at radius 1 is 1.56 bits per heavy atom. The molecule has 1 N–H and O–H groups in total. The van der Waals surface area contributed by atoms with E-state index in [1.165, 1.54) is 24.0 Å². The average molecular weight is 288 g/mol. The van der Waals surface area contributed by atoms with Gasteiger partial charge in [0, 0.05) is 6.04 Å².